The van der Waals surface area contributed by atoms with Gasteiger partial charge in [0.15, 0.2) is 0 Å². The average Bonchev–Trinajstić information content (AvgIpc) is 3.43. The fourth-order valence-electron chi connectivity index (χ4n) is 4.01. The number of hydrogen-bond donors (Lipinski definition) is 3. The topological polar surface area (TPSA) is 123 Å². The van der Waals surface area contributed by atoms with Crippen LogP contribution in [0.3, 0.4) is 0 Å². The molecule has 8 nitrogen and oxygen atoms in total. The Bertz CT molecular complexity index is 1370. The van der Waals surface area contributed by atoms with Crippen molar-refractivity contribution >= 4 is 34.3 Å². The Hall–Kier alpha value is -4.56. The summed E-state index contributed by atoms with van der Waals surface area (Å²) < 4.78 is 5.88. The van der Waals surface area contributed by atoms with Crippen LogP contribution >= 0.6 is 0 Å². The van der Waals surface area contributed by atoms with E-state index in [0.29, 0.717) is 12.3 Å². The van der Waals surface area contributed by atoms with Crippen molar-refractivity contribution in [3.8, 4) is 11.5 Å². The number of carboxylic acid groups (broad SMARTS) is 1. The normalized spacial score (nSPS) is 12.6. The number of para-hydroxylation sites is 2. The Morgan fingerprint density at radius 1 is 1.00 bits per heavy atom. The minimum atomic E-state index is -0.833. The number of anilines is 1. The van der Waals surface area contributed by atoms with Gasteiger partial charge in [0.25, 0.3) is 5.97 Å². The molecule has 2 amide bonds. The quantitative estimate of drug-likeness (QED) is 0.321. The molecule has 1 radical (unpaired) electrons. The van der Waals surface area contributed by atoms with Crippen LogP contribution in [0.4, 0.5) is 10.5 Å². The van der Waals surface area contributed by atoms with Crippen molar-refractivity contribution in [1.29, 1.82) is 0 Å². The number of nitrogens with one attached hydrogen (secondary N) is 1. The first kappa shape index (κ1) is 24.6. The number of ether oxygens (including phenoxy) is 1. The van der Waals surface area contributed by atoms with E-state index in [0.717, 1.165) is 59.1 Å². The van der Waals surface area contributed by atoms with Crippen molar-refractivity contribution < 1.29 is 19.4 Å². The first-order chi connectivity index (χ1) is 17.5. The first-order valence-corrected chi connectivity index (χ1v) is 11.6. The van der Waals surface area contributed by atoms with Crippen LogP contribution in [-0.4, -0.2) is 28.6 Å². The van der Waals surface area contributed by atoms with Crippen molar-refractivity contribution in [2.75, 3.05) is 11.4 Å². The number of amides is 2. The van der Waals surface area contributed by atoms with Gasteiger partial charge in [0.05, 0.1) is 17.6 Å². The van der Waals surface area contributed by atoms with Crippen molar-refractivity contribution in [1.82, 2.24) is 10.3 Å². The van der Waals surface area contributed by atoms with Crippen molar-refractivity contribution in [2.45, 2.75) is 19.8 Å². The number of H-pyrrole nitrogens is 1. The van der Waals surface area contributed by atoms with E-state index in [2.05, 4.69) is 16.4 Å². The number of aromatic nitrogens is 1. The van der Waals surface area contributed by atoms with Gasteiger partial charge in [-0.2, -0.15) is 5.32 Å². The molecule has 1 aromatic heterocycles. The maximum absolute atomic E-state index is 12.8. The van der Waals surface area contributed by atoms with Gasteiger partial charge in [0.1, 0.15) is 11.5 Å². The van der Waals surface area contributed by atoms with Crippen LogP contribution in [-0.2, 0) is 11.2 Å². The molecule has 0 unspecified atom stereocenters. The predicted molar refractivity (Wildman–Crippen MR) is 140 cm³/mol. The number of aryl methyl sites for hydroxylation is 1. The minimum Gasteiger partial charge on any atom is -0.481 e. The van der Waals surface area contributed by atoms with Crippen LogP contribution in [0, 0.1) is 0 Å². The van der Waals surface area contributed by atoms with Crippen molar-refractivity contribution in [3.05, 3.63) is 96.3 Å². The number of fused-ring (bicyclic) bond motifs is 1. The summed E-state index contributed by atoms with van der Waals surface area (Å²) in [4.78, 5) is 26.9. The number of aromatic amines is 1. The van der Waals surface area contributed by atoms with Gasteiger partial charge in [-0.1, -0.05) is 36.4 Å². The second kappa shape index (κ2) is 11.2. The van der Waals surface area contributed by atoms with E-state index in [1.807, 2.05) is 72.8 Å². The lowest BCUT2D eigenvalue weighted by molar-refractivity contribution is -0.134. The average molecular weight is 484 g/mol. The molecule has 36 heavy (non-hydrogen) atoms. The highest BCUT2D eigenvalue weighted by Crippen LogP contribution is 2.37. The second-order valence-corrected chi connectivity index (χ2v) is 8.11. The van der Waals surface area contributed by atoms with Gasteiger partial charge in [-0.25, -0.2) is 4.79 Å². The van der Waals surface area contributed by atoms with Crippen LogP contribution in [0.1, 0.15) is 24.6 Å². The highest BCUT2D eigenvalue weighted by atomic mass is 16.5. The van der Waals surface area contributed by atoms with Crippen LogP contribution < -0.4 is 20.7 Å². The molecule has 0 saturated heterocycles. The molecular weight excluding hydrogens is 456 g/mol. The Kier molecular flexibility index (Phi) is 7.67. The molecule has 183 valence electrons. The van der Waals surface area contributed by atoms with Gasteiger partial charge >= 0.3 is 6.03 Å². The lowest BCUT2D eigenvalue weighted by Gasteiger charge is -2.20. The molecule has 0 atom stereocenters. The molecule has 0 fully saturated rings. The third-order valence-electron chi connectivity index (χ3n) is 5.47. The molecule has 4 N–H and O–H groups in total. The Morgan fingerprint density at radius 3 is 2.33 bits per heavy atom. The molecule has 4 aromatic rings. The number of urea groups is 1. The maximum atomic E-state index is 12.8. The zero-order valence-electron chi connectivity index (χ0n) is 19.8. The Labute approximate surface area is 209 Å². The minimum absolute atomic E-state index is 0.313. The highest BCUT2D eigenvalue weighted by molar-refractivity contribution is 6.12. The summed E-state index contributed by atoms with van der Waals surface area (Å²) in [5, 5.41) is 12.6. The predicted octanol–water partition coefficient (Wildman–Crippen LogP) is 5.49. The monoisotopic (exact) mass is 483 g/mol. The number of carboxylic acids is 1. The third-order valence-corrected chi connectivity index (χ3v) is 5.47. The molecule has 8 heteroatoms. The SMILES string of the molecule is CC(=O)O.NCCCc1[nH]c2ccccc2c1C1=C[N]C(=O)N1c1ccc(Oc2ccccc2)cc1. The number of hydrogen-bond acceptors (Lipinski definition) is 4. The molecule has 0 saturated carbocycles. The van der Waals surface area contributed by atoms with E-state index in [4.69, 9.17) is 20.4 Å². The number of benzene rings is 3. The number of carbonyl (C=O) groups is 2. The van der Waals surface area contributed by atoms with Crippen LogP contribution in [0.2, 0.25) is 0 Å². The van der Waals surface area contributed by atoms with Crippen LogP contribution in [0.15, 0.2) is 85.1 Å². The van der Waals surface area contributed by atoms with Crippen molar-refractivity contribution in [2.24, 2.45) is 5.73 Å². The number of carbonyl (C=O) groups excluding carboxylic acids is 1. The number of nitrogens with zero attached hydrogens (tertiary/aromatic N) is 2. The molecule has 1 aliphatic heterocycles. The van der Waals surface area contributed by atoms with Gasteiger partial charge in [0, 0.05) is 29.1 Å². The summed E-state index contributed by atoms with van der Waals surface area (Å²) in [5.74, 6) is 0.626. The summed E-state index contributed by atoms with van der Waals surface area (Å²) in [6.45, 7) is 1.68. The number of rotatable bonds is 7. The smallest absolute Gasteiger partial charge is 0.352 e. The second-order valence-electron chi connectivity index (χ2n) is 8.11. The van der Waals surface area contributed by atoms with Gasteiger partial charge in [-0.3, -0.25) is 9.69 Å². The van der Waals surface area contributed by atoms with Gasteiger partial charge < -0.3 is 20.6 Å². The van der Waals surface area contributed by atoms with Gasteiger partial charge in [-0.05, 0) is 61.9 Å². The molecular formula is C28H27N4O4. The molecule has 0 aliphatic carbocycles. The fraction of sp³-hybridized carbons (Fsp3) is 0.143. The van der Waals surface area contributed by atoms with Crippen LogP contribution in [0.25, 0.3) is 16.6 Å². The third kappa shape index (κ3) is 5.56. The first-order valence-electron chi connectivity index (χ1n) is 11.6. The molecule has 2 heterocycles. The van der Waals surface area contributed by atoms with Crippen molar-refractivity contribution in [3.63, 3.8) is 0 Å². The lowest BCUT2D eigenvalue weighted by Crippen LogP contribution is -2.26. The standard InChI is InChI=1S/C26H23N4O2.C2H4O2/c27-16-6-11-23-25(21-9-4-5-10-22(21)29-23)24-17-28-26(31)30(24)18-12-14-20(15-13-18)32-19-7-2-1-3-8-19;1-2(3)4/h1-5,7-10,12-15,17,29H,6,11,16,27H2;1H3,(H,3,4). The van der Waals surface area contributed by atoms with E-state index in [-0.39, 0.29) is 6.03 Å². The van der Waals surface area contributed by atoms with E-state index in [9.17, 15) is 4.79 Å². The molecule has 0 bridgehead atoms. The maximum Gasteiger partial charge on any atom is 0.352 e. The fourth-order valence-corrected chi connectivity index (χ4v) is 4.01. The van der Waals surface area contributed by atoms with E-state index in [1.54, 1.807) is 11.1 Å². The number of aliphatic carboxylic acids is 1. The van der Waals surface area contributed by atoms with E-state index in [1.165, 1.54) is 0 Å². The summed E-state index contributed by atoms with van der Waals surface area (Å²) in [6.07, 6.45) is 3.30. The van der Waals surface area contributed by atoms with Gasteiger partial charge in [-0.15, -0.1) is 0 Å². The molecule has 0 spiro atoms. The van der Waals surface area contributed by atoms with E-state index >= 15 is 0 Å². The van der Waals surface area contributed by atoms with Gasteiger partial charge in [0.2, 0.25) is 0 Å². The summed E-state index contributed by atoms with van der Waals surface area (Å²) in [7, 11) is 0. The highest BCUT2D eigenvalue weighted by Gasteiger charge is 2.31. The van der Waals surface area contributed by atoms with Crippen LogP contribution in [0.5, 0.6) is 11.5 Å². The zero-order valence-corrected chi connectivity index (χ0v) is 19.8. The van der Waals surface area contributed by atoms with E-state index < -0.39 is 5.97 Å². The molecule has 3 aromatic carbocycles. The summed E-state index contributed by atoms with van der Waals surface area (Å²) in [6, 6.07) is 24.8. The lowest BCUT2D eigenvalue weighted by atomic mass is 10.0. The zero-order chi connectivity index (χ0) is 25.5. The Morgan fingerprint density at radius 2 is 1.64 bits per heavy atom. The summed E-state index contributed by atoms with van der Waals surface area (Å²) in [5.41, 5.74) is 10.3. The molecule has 5 rings (SSSR count). The Balaban J connectivity index is 0.000000709. The summed E-state index contributed by atoms with van der Waals surface area (Å²) >= 11 is 0. The molecule has 1 aliphatic rings. The largest absolute Gasteiger partial charge is 0.481 e. The number of nitrogens with two attached hydrogens (primary N) is 1.